The fourth-order valence-corrected chi connectivity index (χ4v) is 2.53. The zero-order valence-electron chi connectivity index (χ0n) is 11.2. The smallest absolute Gasteiger partial charge is 0.253 e. The molecule has 0 spiro atoms. The third-order valence-electron chi connectivity index (χ3n) is 3.67. The van der Waals surface area contributed by atoms with Crippen LogP contribution in [0.15, 0.2) is 28.7 Å². The van der Waals surface area contributed by atoms with Gasteiger partial charge in [-0.05, 0) is 31.2 Å². The summed E-state index contributed by atoms with van der Waals surface area (Å²) in [6.45, 7) is 2.05. The number of nitrogens with zero attached hydrogens (tertiary/aromatic N) is 1. The van der Waals surface area contributed by atoms with Crippen molar-refractivity contribution in [2.75, 3.05) is 13.1 Å². The standard InChI is InChI=1S/C15H15F2NO2/c1-10-8-12-9-11(2-3-13(12)20-10)14(19)18-6-4-15(16,17)5-7-18/h2-3,8-9H,4-7H2,1H3. The van der Waals surface area contributed by atoms with Crippen LogP contribution in [0, 0.1) is 6.92 Å². The maximum atomic E-state index is 13.1. The number of piperidine rings is 1. The predicted octanol–water partition coefficient (Wildman–Crippen LogP) is 3.61. The van der Waals surface area contributed by atoms with E-state index in [9.17, 15) is 13.6 Å². The van der Waals surface area contributed by atoms with E-state index >= 15 is 0 Å². The molecule has 106 valence electrons. The average Bonchev–Trinajstić information content (AvgIpc) is 2.77. The number of likely N-dealkylation sites (tertiary alicyclic amines) is 1. The Hall–Kier alpha value is -1.91. The molecule has 1 aliphatic rings. The molecule has 0 unspecified atom stereocenters. The Morgan fingerprint density at radius 2 is 1.95 bits per heavy atom. The molecule has 1 aromatic heterocycles. The Balaban J connectivity index is 1.82. The van der Waals surface area contributed by atoms with Crippen LogP contribution in [0.25, 0.3) is 11.0 Å². The van der Waals surface area contributed by atoms with Crippen molar-refractivity contribution in [2.45, 2.75) is 25.7 Å². The first kappa shape index (κ1) is 13.1. The third-order valence-corrected chi connectivity index (χ3v) is 3.67. The van der Waals surface area contributed by atoms with Crippen LogP contribution < -0.4 is 0 Å². The molecule has 1 aliphatic heterocycles. The number of amides is 1. The van der Waals surface area contributed by atoms with Gasteiger partial charge in [-0.3, -0.25) is 4.79 Å². The lowest BCUT2D eigenvalue weighted by molar-refractivity contribution is -0.0494. The second-order valence-corrected chi connectivity index (χ2v) is 5.26. The van der Waals surface area contributed by atoms with Gasteiger partial charge < -0.3 is 9.32 Å². The van der Waals surface area contributed by atoms with Gasteiger partial charge in [0.15, 0.2) is 0 Å². The number of benzene rings is 1. The second-order valence-electron chi connectivity index (χ2n) is 5.26. The molecule has 1 saturated heterocycles. The molecular weight excluding hydrogens is 264 g/mol. The van der Waals surface area contributed by atoms with Crippen molar-refractivity contribution >= 4 is 16.9 Å². The van der Waals surface area contributed by atoms with Gasteiger partial charge in [-0.1, -0.05) is 0 Å². The summed E-state index contributed by atoms with van der Waals surface area (Å²) in [6.07, 6.45) is -0.516. The van der Waals surface area contributed by atoms with E-state index in [4.69, 9.17) is 4.42 Å². The van der Waals surface area contributed by atoms with Crippen molar-refractivity contribution in [1.82, 2.24) is 4.90 Å². The SMILES string of the molecule is Cc1cc2cc(C(=O)N3CCC(F)(F)CC3)ccc2o1. The summed E-state index contributed by atoms with van der Waals surface area (Å²) in [5.74, 6) is -2.05. The highest BCUT2D eigenvalue weighted by molar-refractivity contribution is 5.97. The Kier molecular flexibility index (Phi) is 3.00. The number of fused-ring (bicyclic) bond motifs is 1. The van der Waals surface area contributed by atoms with Crippen molar-refractivity contribution in [1.29, 1.82) is 0 Å². The maximum absolute atomic E-state index is 13.1. The van der Waals surface area contributed by atoms with Gasteiger partial charge in [-0.15, -0.1) is 0 Å². The number of rotatable bonds is 1. The van der Waals surface area contributed by atoms with E-state index in [0.29, 0.717) is 5.56 Å². The van der Waals surface area contributed by atoms with Gasteiger partial charge in [0, 0.05) is 36.9 Å². The van der Waals surface area contributed by atoms with Gasteiger partial charge in [0.1, 0.15) is 11.3 Å². The summed E-state index contributed by atoms with van der Waals surface area (Å²) in [5, 5.41) is 0.857. The van der Waals surface area contributed by atoms with Crippen LogP contribution in [0.1, 0.15) is 29.0 Å². The molecule has 1 amide bonds. The number of alkyl halides is 2. The fourth-order valence-electron chi connectivity index (χ4n) is 2.53. The number of halogens is 2. The molecule has 0 bridgehead atoms. The lowest BCUT2D eigenvalue weighted by Crippen LogP contribution is -2.42. The van der Waals surface area contributed by atoms with Crippen molar-refractivity contribution < 1.29 is 18.0 Å². The number of hydrogen-bond donors (Lipinski definition) is 0. The maximum Gasteiger partial charge on any atom is 0.253 e. The molecule has 0 saturated carbocycles. The summed E-state index contributed by atoms with van der Waals surface area (Å²) >= 11 is 0. The van der Waals surface area contributed by atoms with Crippen molar-refractivity contribution in [3.05, 3.63) is 35.6 Å². The molecule has 2 heterocycles. The van der Waals surface area contributed by atoms with Crippen LogP contribution in [-0.2, 0) is 0 Å². The van der Waals surface area contributed by atoms with Gasteiger partial charge in [-0.25, -0.2) is 8.78 Å². The van der Waals surface area contributed by atoms with Gasteiger partial charge in [0.05, 0.1) is 0 Å². The molecule has 0 N–H and O–H groups in total. The first-order valence-electron chi connectivity index (χ1n) is 6.62. The van der Waals surface area contributed by atoms with E-state index in [1.54, 1.807) is 18.2 Å². The normalized spacial score (nSPS) is 18.4. The Bertz CT molecular complexity index is 653. The van der Waals surface area contributed by atoms with Crippen LogP contribution in [0.5, 0.6) is 0 Å². The van der Waals surface area contributed by atoms with E-state index in [-0.39, 0.29) is 31.8 Å². The minimum atomic E-state index is -2.64. The van der Waals surface area contributed by atoms with Crippen LogP contribution >= 0.6 is 0 Å². The molecule has 20 heavy (non-hydrogen) atoms. The number of carbonyl (C=O) groups is 1. The quantitative estimate of drug-likeness (QED) is 0.799. The fraction of sp³-hybridized carbons (Fsp3) is 0.400. The number of carbonyl (C=O) groups excluding carboxylic acids is 1. The average molecular weight is 279 g/mol. The minimum absolute atomic E-state index is 0.105. The van der Waals surface area contributed by atoms with Crippen LogP contribution in [0.3, 0.4) is 0 Å². The van der Waals surface area contributed by atoms with E-state index in [2.05, 4.69) is 0 Å². The third kappa shape index (κ3) is 2.40. The summed E-state index contributed by atoms with van der Waals surface area (Å²) < 4.78 is 31.7. The summed E-state index contributed by atoms with van der Waals surface area (Å²) in [4.78, 5) is 13.8. The highest BCUT2D eigenvalue weighted by Gasteiger charge is 2.35. The van der Waals surface area contributed by atoms with E-state index in [1.807, 2.05) is 13.0 Å². The molecule has 2 aromatic rings. The van der Waals surface area contributed by atoms with Gasteiger partial charge in [0.25, 0.3) is 11.8 Å². The largest absolute Gasteiger partial charge is 0.461 e. The first-order valence-corrected chi connectivity index (χ1v) is 6.62. The second kappa shape index (κ2) is 4.58. The lowest BCUT2D eigenvalue weighted by atomic mass is 10.0. The monoisotopic (exact) mass is 279 g/mol. The minimum Gasteiger partial charge on any atom is -0.461 e. The molecular formula is C15H15F2NO2. The van der Waals surface area contributed by atoms with E-state index in [1.165, 1.54) is 4.90 Å². The van der Waals surface area contributed by atoms with Crippen LogP contribution in [0.2, 0.25) is 0 Å². The molecule has 3 rings (SSSR count). The number of furan rings is 1. The molecule has 3 nitrogen and oxygen atoms in total. The molecule has 5 heteroatoms. The first-order chi connectivity index (χ1) is 9.44. The summed E-state index contributed by atoms with van der Waals surface area (Å²) in [7, 11) is 0. The van der Waals surface area contributed by atoms with Crippen molar-refractivity contribution in [2.24, 2.45) is 0 Å². The van der Waals surface area contributed by atoms with Crippen LogP contribution in [0.4, 0.5) is 8.78 Å². The van der Waals surface area contributed by atoms with Crippen molar-refractivity contribution in [3.8, 4) is 0 Å². The van der Waals surface area contributed by atoms with Gasteiger partial charge in [0.2, 0.25) is 0 Å². The number of aryl methyl sites for hydroxylation is 1. The molecule has 0 radical (unpaired) electrons. The van der Waals surface area contributed by atoms with Gasteiger partial charge >= 0.3 is 0 Å². The lowest BCUT2D eigenvalue weighted by Gasteiger charge is -2.31. The van der Waals surface area contributed by atoms with Crippen LogP contribution in [-0.4, -0.2) is 29.8 Å². The Labute approximate surface area is 115 Å². The topological polar surface area (TPSA) is 33.5 Å². The molecule has 0 atom stereocenters. The molecule has 1 fully saturated rings. The Morgan fingerprint density at radius 1 is 1.25 bits per heavy atom. The molecule has 1 aromatic carbocycles. The zero-order chi connectivity index (χ0) is 14.3. The highest BCUT2D eigenvalue weighted by Crippen LogP contribution is 2.29. The molecule has 0 aliphatic carbocycles. The summed E-state index contributed by atoms with van der Waals surface area (Å²) in [5.41, 5.74) is 1.24. The van der Waals surface area contributed by atoms with E-state index in [0.717, 1.165) is 16.7 Å². The summed E-state index contributed by atoms with van der Waals surface area (Å²) in [6, 6.07) is 7.03. The number of hydrogen-bond acceptors (Lipinski definition) is 2. The highest BCUT2D eigenvalue weighted by atomic mass is 19.3. The zero-order valence-corrected chi connectivity index (χ0v) is 11.2. The van der Waals surface area contributed by atoms with E-state index < -0.39 is 5.92 Å². The predicted molar refractivity (Wildman–Crippen MR) is 71.0 cm³/mol. The van der Waals surface area contributed by atoms with Crippen molar-refractivity contribution in [3.63, 3.8) is 0 Å². The van der Waals surface area contributed by atoms with Gasteiger partial charge in [-0.2, -0.15) is 0 Å². The Morgan fingerprint density at radius 3 is 2.65 bits per heavy atom.